The molecule has 0 saturated heterocycles. The van der Waals surface area contributed by atoms with Crippen LogP contribution in [0.25, 0.3) is 0 Å². The Bertz CT molecular complexity index is 147. The van der Waals surface area contributed by atoms with Crippen LogP contribution in [0.1, 0.15) is 20.3 Å². The Hall–Kier alpha value is 0.394. The lowest BCUT2D eigenvalue weighted by molar-refractivity contribution is 0.289. The van der Waals surface area contributed by atoms with Gasteiger partial charge in [0.15, 0.2) is 7.83 Å². The highest BCUT2D eigenvalue weighted by Crippen LogP contribution is 2.20. The standard InChI is InChI=1S/C10H26OSi2/c1-10(2)8-9-11-13(6,7)12(3,4)5/h10H,8-9H2,1-7H3. The molecule has 13 heavy (non-hydrogen) atoms. The van der Waals surface area contributed by atoms with Crippen molar-refractivity contribution in [3.05, 3.63) is 0 Å². The second-order valence-corrected chi connectivity index (χ2v) is 21.7. The predicted molar refractivity (Wildman–Crippen MR) is 66.2 cm³/mol. The Balaban J connectivity index is 3.90. The zero-order chi connectivity index (χ0) is 10.7. The normalized spacial score (nSPS) is 13.8. The molecule has 0 amide bonds. The molecule has 3 heteroatoms. The maximum atomic E-state index is 6.11. The second-order valence-electron chi connectivity index (χ2n) is 5.79. The Morgan fingerprint density at radius 2 is 1.46 bits per heavy atom. The van der Waals surface area contributed by atoms with E-state index in [-0.39, 0.29) is 0 Å². The molecule has 0 aliphatic heterocycles. The molecule has 1 nitrogen and oxygen atoms in total. The molecule has 0 radical (unpaired) electrons. The average Bonchev–Trinajstić information content (AvgIpc) is 1.82. The van der Waals surface area contributed by atoms with E-state index in [1.54, 1.807) is 0 Å². The molecule has 0 aliphatic rings. The van der Waals surface area contributed by atoms with E-state index in [1.165, 1.54) is 6.42 Å². The van der Waals surface area contributed by atoms with Gasteiger partial charge in [0.1, 0.15) is 0 Å². The molecule has 0 heterocycles. The molecule has 0 atom stereocenters. The number of hydrogen-bond acceptors (Lipinski definition) is 1. The van der Waals surface area contributed by atoms with Crippen molar-refractivity contribution < 1.29 is 4.43 Å². The van der Waals surface area contributed by atoms with E-state index in [1.807, 2.05) is 0 Å². The summed E-state index contributed by atoms with van der Waals surface area (Å²) in [7, 11) is -2.37. The van der Waals surface area contributed by atoms with Crippen molar-refractivity contribution in [3.63, 3.8) is 0 Å². The van der Waals surface area contributed by atoms with Crippen LogP contribution in [0.2, 0.25) is 32.7 Å². The zero-order valence-electron chi connectivity index (χ0n) is 10.4. The number of hydrogen-bond donors (Lipinski definition) is 0. The van der Waals surface area contributed by atoms with Crippen LogP contribution in [-0.2, 0) is 4.43 Å². The lowest BCUT2D eigenvalue weighted by atomic mass is 10.2. The monoisotopic (exact) mass is 218 g/mol. The lowest BCUT2D eigenvalue weighted by Gasteiger charge is -2.34. The minimum absolute atomic E-state index is 0.770. The van der Waals surface area contributed by atoms with Crippen molar-refractivity contribution in [2.24, 2.45) is 5.92 Å². The molecule has 0 saturated carbocycles. The van der Waals surface area contributed by atoms with Crippen molar-refractivity contribution >= 4 is 15.4 Å². The van der Waals surface area contributed by atoms with Gasteiger partial charge in [-0.1, -0.05) is 33.5 Å². The average molecular weight is 218 g/mol. The summed E-state index contributed by atoms with van der Waals surface area (Å²) in [4.78, 5) is 0. The van der Waals surface area contributed by atoms with E-state index < -0.39 is 15.4 Å². The van der Waals surface area contributed by atoms with Crippen molar-refractivity contribution in [3.8, 4) is 0 Å². The van der Waals surface area contributed by atoms with E-state index in [2.05, 4.69) is 46.6 Å². The van der Waals surface area contributed by atoms with Gasteiger partial charge in [-0.2, -0.15) is 0 Å². The van der Waals surface area contributed by atoms with Crippen LogP contribution in [0, 0.1) is 5.92 Å². The van der Waals surface area contributed by atoms with Crippen LogP contribution >= 0.6 is 0 Å². The van der Waals surface area contributed by atoms with Gasteiger partial charge in [0.25, 0.3) is 0 Å². The van der Waals surface area contributed by atoms with Crippen molar-refractivity contribution in [2.45, 2.75) is 53.0 Å². The van der Waals surface area contributed by atoms with Gasteiger partial charge in [0.2, 0.25) is 0 Å². The largest absolute Gasteiger partial charge is 0.420 e. The van der Waals surface area contributed by atoms with E-state index in [4.69, 9.17) is 4.43 Å². The molecule has 0 unspecified atom stereocenters. The van der Waals surface area contributed by atoms with E-state index in [0.717, 1.165) is 12.5 Å². The molecule has 0 aromatic rings. The van der Waals surface area contributed by atoms with E-state index in [9.17, 15) is 0 Å². The van der Waals surface area contributed by atoms with Crippen LogP contribution in [0.3, 0.4) is 0 Å². The fourth-order valence-electron chi connectivity index (χ4n) is 0.766. The van der Waals surface area contributed by atoms with Gasteiger partial charge < -0.3 is 4.43 Å². The third kappa shape index (κ3) is 4.98. The fourth-order valence-corrected chi connectivity index (χ4v) is 3.43. The Kier molecular flexibility index (Phi) is 4.90. The van der Waals surface area contributed by atoms with Crippen molar-refractivity contribution in [1.29, 1.82) is 0 Å². The molecule has 0 rings (SSSR count). The van der Waals surface area contributed by atoms with Gasteiger partial charge in [0.05, 0.1) is 7.59 Å². The van der Waals surface area contributed by atoms with Gasteiger partial charge in [-0.05, 0) is 25.4 Å². The first-order valence-electron chi connectivity index (χ1n) is 5.31. The van der Waals surface area contributed by atoms with Crippen molar-refractivity contribution in [1.82, 2.24) is 0 Å². The summed E-state index contributed by atoms with van der Waals surface area (Å²) >= 11 is 0. The highest BCUT2D eigenvalue weighted by atomic mass is 29.3. The SMILES string of the molecule is CC(C)CCO[Si](C)(C)[Si](C)(C)C. The lowest BCUT2D eigenvalue weighted by Crippen LogP contribution is -2.54. The summed E-state index contributed by atoms with van der Waals surface area (Å²) in [6.07, 6.45) is 1.21. The zero-order valence-corrected chi connectivity index (χ0v) is 12.4. The Labute approximate surface area is 85.8 Å². The maximum Gasteiger partial charge on any atom is 0.173 e. The molecule has 0 fully saturated rings. The number of rotatable bonds is 5. The quantitative estimate of drug-likeness (QED) is 0.640. The van der Waals surface area contributed by atoms with E-state index in [0.29, 0.717) is 0 Å². The third-order valence-electron chi connectivity index (χ3n) is 2.96. The molecule has 0 aromatic carbocycles. The van der Waals surface area contributed by atoms with Gasteiger partial charge in [0, 0.05) is 6.61 Å². The molecule has 0 aromatic heterocycles. The fraction of sp³-hybridized carbons (Fsp3) is 1.00. The van der Waals surface area contributed by atoms with Crippen LogP contribution in [0.4, 0.5) is 0 Å². The molecular formula is C10H26OSi2. The van der Waals surface area contributed by atoms with Crippen LogP contribution in [0.15, 0.2) is 0 Å². The highest BCUT2D eigenvalue weighted by Gasteiger charge is 2.38. The van der Waals surface area contributed by atoms with Crippen LogP contribution in [0.5, 0.6) is 0 Å². The summed E-state index contributed by atoms with van der Waals surface area (Å²) in [6.45, 7) is 17.5. The summed E-state index contributed by atoms with van der Waals surface area (Å²) in [5, 5.41) is 0. The third-order valence-corrected chi connectivity index (χ3v) is 18.8. The molecule has 0 spiro atoms. The summed E-state index contributed by atoms with van der Waals surface area (Å²) in [6, 6.07) is 0. The predicted octanol–water partition coefficient (Wildman–Crippen LogP) is 3.67. The first kappa shape index (κ1) is 13.4. The van der Waals surface area contributed by atoms with Crippen LogP contribution in [-0.4, -0.2) is 22.0 Å². The molecular weight excluding hydrogens is 192 g/mol. The smallest absolute Gasteiger partial charge is 0.173 e. The molecule has 80 valence electrons. The topological polar surface area (TPSA) is 9.23 Å². The first-order valence-corrected chi connectivity index (χ1v) is 12.7. The first-order chi connectivity index (χ1) is 5.67. The highest BCUT2D eigenvalue weighted by molar-refractivity contribution is 7.37. The van der Waals surface area contributed by atoms with Gasteiger partial charge in [-0.3, -0.25) is 0 Å². The molecule has 0 bridgehead atoms. The van der Waals surface area contributed by atoms with Crippen molar-refractivity contribution in [2.75, 3.05) is 6.61 Å². The Morgan fingerprint density at radius 3 is 1.77 bits per heavy atom. The summed E-state index contributed by atoms with van der Waals surface area (Å²) in [5.74, 6) is 0.770. The van der Waals surface area contributed by atoms with Gasteiger partial charge in [-0.25, -0.2) is 0 Å². The minimum atomic E-state index is -1.33. The minimum Gasteiger partial charge on any atom is -0.420 e. The Morgan fingerprint density at radius 1 is 1.00 bits per heavy atom. The second kappa shape index (κ2) is 4.76. The van der Waals surface area contributed by atoms with E-state index >= 15 is 0 Å². The van der Waals surface area contributed by atoms with Gasteiger partial charge >= 0.3 is 0 Å². The summed E-state index contributed by atoms with van der Waals surface area (Å²) in [5.41, 5.74) is 0. The molecule has 0 N–H and O–H groups in total. The summed E-state index contributed by atoms with van der Waals surface area (Å²) < 4.78 is 6.11. The van der Waals surface area contributed by atoms with Crippen LogP contribution < -0.4 is 0 Å². The molecule has 0 aliphatic carbocycles. The maximum absolute atomic E-state index is 6.11. The van der Waals surface area contributed by atoms with Gasteiger partial charge in [-0.15, -0.1) is 0 Å².